The SMILES string of the molecule is O=C(/C=C\c1cccnc1)NCCCCCCCC1CCN(C(c2ccccc2)c2ccccc2)CC1. The van der Waals surface area contributed by atoms with Gasteiger partial charge < -0.3 is 5.32 Å². The predicted molar refractivity (Wildman–Crippen MR) is 153 cm³/mol. The van der Waals surface area contributed by atoms with Crippen LogP contribution in [-0.2, 0) is 4.79 Å². The molecule has 4 heteroatoms. The maximum Gasteiger partial charge on any atom is 0.243 e. The summed E-state index contributed by atoms with van der Waals surface area (Å²) in [5.41, 5.74) is 3.73. The fourth-order valence-corrected chi connectivity index (χ4v) is 5.39. The highest BCUT2D eigenvalue weighted by molar-refractivity contribution is 5.91. The number of piperidine rings is 1. The first-order valence-corrected chi connectivity index (χ1v) is 14.0. The number of likely N-dealkylation sites (tertiary alicyclic amines) is 1. The van der Waals surface area contributed by atoms with Crippen LogP contribution in [0.4, 0.5) is 0 Å². The fraction of sp³-hybridized carbons (Fsp3) is 0.394. The van der Waals surface area contributed by atoms with Crippen LogP contribution in [0, 0.1) is 5.92 Å². The molecule has 1 N–H and O–H groups in total. The molecule has 1 aliphatic heterocycles. The maximum atomic E-state index is 11.9. The van der Waals surface area contributed by atoms with E-state index < -0.39 is 0 Å². The van der Waals surface area contributed by atoms with E-state index in [4.69, 9.17) is 0 Å². The molecule has 4 rings (SSSR count). The monoisotopic (exact) mass is 495 g/mol. The number of hydrogen-bond donors (Lipinski definition) is 1. The van der Waals surface area contributed by atoms with Gasteiger partial charge in [0, 0.05) is 25.0 Å². The van der Waals surface area contributed by atoms with E-state index in [0.717, 1.165) is 24.4 Å². The molecule has 0 bridgehead atoms. The van der Waals surface area contributed by atoms with Crippen LogP contribution >= 0.6 is 0 Å². The number of hydrogen-bond acceptors (Lipinski definition) is 3. The topological polar surface area (TPSA) is 45.2 Å². The molecule has 0 aliphatic carbocycles. The zero-order valence-corrected chi connectivity index (χ0v) is 22.0. The molecule has 1 aromatic heterocycles. The van der Waals surface area contributed by atoms with Gasteiger partial charge in [0.15, 0.2) is 0 Å². The van der Waals surface area contributed by atoms with Gasteiger partial charge in [0.05, 0.1) is 6.04 Å². The van der Waals surface area contributed by atoms with Crippen LogP contribution < -0.4 is 5.32 Å². The zero-order valence-electron chi connectivity index (χ0n) is 22.0. The van der Waals surface area contributed by atoms with Crippen LogP contribution in [0.15, 0.2) is 91.3 Å². The van der Waals surface area contributed by atoms with Crippen LogP contribution in [0.1, 0.15) is 74.1 Å². The number of nitrogens with zero attached hydrogens (tertiary/aromatic N) is 2. The third kappa shape index (κ3) is 8.98. The number of rotatable bonds is 13. The molecule has 37 heavy (non-hydrogen) atoms. The van der Waals surface area contributed by atoms with E-state index in [1.54, 1.807) is 24.5 Å². The number of carbonyl (C=O) groups is 1. The molecule has 2 aromatic carbocycles. The maximum absolute atomic E-state index is 11.9. The second-order valence-electron chi connectivity index (χ2n) is 10.2. The molecule has 3 aromatic rings. The largest absolute Gasteiger partial charge is 0.353 e. The number of carbonyl (C=O) groups excluding carboxylic acids is 1. The van der Waals surface area contributed by atoms with Gasteiger partial charge in [-0.15, -0.1) is 0 Å². The van der Waals surface area contributed by atoms with Gasteiger partial charge in [-0.2, -0.15) is 0 Å². The van der Waals surface area contributed by atoms with E-state index >= 15 is 0 Å². The van der Waals surface area contributed by atoms with Crippen molar-refractivity contribution in [1.29, 1.82) is 0 Å². The van der Waals surface area contributed by atoms with Gasteiger partial charge in [0.1, 0.15) is 0 Å². The molecule has 1 aliphatic rings. The van der Waals surface area contributed by atoms with E-state index in [2.05, 4.69) is 75.9 Å². The number of unbranched alkanes of at least 4 members (excludes halogenated alkanes) is 4. The first-order chi connectivity index (χ1) is 18.3. The summed E-state index contributed by atoms with van der Waals surface area (Å²) < 4.78 is 0. The van der Waals surface area contributed by atoms with E-state index in [0.29, 0.717) is 6.04 Å². The second kappa shape index (κ2) is 15.1. The Morgan fingerprint density at radius 3 is 2.16 bits per heavy atom. The van der Waals surface area contributed by atoms with Gasteiger partial charge in [0.2, 0.25) is 5.91 Å². The summed E-state index contributed by atoms with van der Waals surface area (Å²) >= 11 is 0. The molecule has 1 fully saturated rings. The summed E-state index contributed by atoms with van der Waals surface area (Å²) in [4.78, 5) is 18.7. The van der Waals surface area contributed by atoms with Crippen molar-refractivity contribution >= 4 is 12.0 Å². The summed E-state index contributed by atoms with van der Waals surface area (Å²) in [7, 11) is 0. The molecule has 0 atom stereocenters. The number of amides is 1. The predicted octanol–water partition coefficient (Wildman–Crippen LogP) is 7.05. The number of aromatic nitrogens is 1. The van der Waals surface area contributed by atoms with Gasteiger partial charge in [-0.1, -0.05) is 98.8 Å². The minimum atomic E-state index is -0.0306. The summed E-state index contributed by atoms with van der Waals surface area (Å²) in [5, 5.41) is 2.98. The third-order valence-corrected chi connectivity index (χ3v) is 7.44. The van der Waals surface area contributed by atoms with Crippen molar-refractivity contribution in [3.05, 3.63) is 108 Å². The Labute approximate surface area is 222 Å². The van der Waals surface area contributed by atoms with Crippen LogP contribution in [0.3, 0.4) is 0 Å². The van der Waals surface area contributed by atoms with Gasteiger partial charge in [-0.05, 0) is 67.1 Å². The average Bonchev–Trinajstić information content (AvgIpc) is 2.96. The Morgan fingerprint density at radius 1 is 0.865 bits per heavy atom. The Bertz CT molecular complexity index is 1020. The number of benzene rings is 2. The summed E-state index contributed by atoms with van der Waals surface area (Å²) in [6.45, 7) is 3.10. The summed E-state index contributed by atoms with van der Waals surface area (Å²) in [6.07, 6.45) is 16.9. The van der Waals surface area contributed by atoms with Crippen molar-refractivity contribution in [2.45, 2.75) is 57.4 Å². The Morgan fingerprint density at radius 2 is 1.51 bits per heavy atom. The van der Waals surface area contributed by atoms with E-state index in [1.165, 1.54) is 69.2 Å². The summed E-state index contributed by atoms with van der Waals surface area (Å²) in [5.74, 6) is 0.825. The van der Waals surface area contributed by atoms with Gasteiger partial charge in [-0.3, -0.25) is 14.7 Å². The van der Waals surface area contributed by atoms with E-state index in [-0.39, 0.29) is 5.91 Å². The van der Waals surface area contributed by atoms with Crippen molar-refractivity contribution < 1.29 is 4.79 Å². The third-order valence-electron chi connectivity index (χ3n) is 7.44. The molecular formula is C33H41N3O. The van der Waals surface area contributed by atoms with Gasteiger partial charge in [-0.25, -0.2) is 0 Å². The lowest BCUT2D eigenvalue weighted by atomic mass is 9.88. The number of nitrogens with one attached hydrogen (secondary N) is 1. The van der Waals surface area contributed by atoms with Crippen molar-refractivity contribution in [2.75, 3.05) is 19.6 Å². The molecule has 0 spiro atoms. The molecule has 0 radical (unpaired) electrons. The van der Waals surface area contributed by atoms with Crippen molar-refractivity contribution in [3.63, 3.8) is 0 Å². The average molecular weight is 496 g/mol. The van der Waals surface area contributed by atoms with Crippen molar-refractivity contribution in [1.82, 2.24) is 15.2 Å². The molecule has 1 amide bonds. The highest BCUT2D eigenvalue weighted by Gasteiger charge is 2.27. The van der Waals surface area contributed by atoms with Crippen molar-refractivity contribution in [2.24, 2.45) is 5.92 Å². The normalized spacial score (nSPS) is 14.8. The highest BCUT2D eigenvalue weighted by Crippen LogP contribution is 2.33. The Kier molecular flexibility index (Phi) is 11.0. The molecule has 4 nitrogen and oxygen atoms in total. The van der Waals surface area contributed by atoms with Crippen LogP contribution in [-0.4, -0.2) is 35.4 Å². The first-order valence-electron chi connectivity index (χ1n) is 14.0. The zero-order chi connectivity index (χ0) is 25.5. The Hall–Kier alpha value is -3.24. The molecule has 0 saturated carbocycles. The lowest BCUT2D eigenvalue weighted by molar-refractivity contribution is -0.116. The standard InChI is InChI=1S/C33H41N3O/c37-32(20-19-29-14-12-23-34-27-29)35-24-11-3-1-2-6-13-28-21-25-36(26-22-28)33(30-15-7-4-8-16-30)31-17-9-5-10-18-31/h4-5,7-10,12,14-20,23,27-28,33H,1-3,6,11,13,21-22,24-26H2,(H,35,37)/b20-19-. The quantitative estimate of drug-likeness (QED) is 0.204. The highest BCUT2D eigenvalue weighted by atomic mass is 16.1. The van der Waals surface area contributed by atoms with Gasteiger partial charge in [0.25, 0.3) is 0 Å². The lowest BCUT2D eigenvalue weighted by Gasteiger charge is -2.38. The molecule has 1 saturated heterocycles. The van der Waals surface area contributed by atoms with Crippen molar-refractivity contribution in [3.8, 4) is 0 Å². The summed E-state index contributed by atoms with van der Waals surface area (Å²) in [6, 6.07) is 26.1. The van der Waals surface area contributed by atoms with Crippen LogP contribution in [0.25, 0.3) is 6.08 Å². The fourth-order valence-electron chi connectivity index (χ4n) is 5.39. The first kappa shape index (κ1) is 26.8. The molecular weight excluding hydrogens is 454 g/mol. The van der Waals surface area contributed by atoms with E-state index in [9.17, 15) is 4.79 Å². The number of pyridine rings is 1. The van der Waals surface area contributed by atoms with Crippen LogP contribution in [0.5, 0.6) is 0 Å². The van der Waals surface area contributed by atoms with Crippen LogP contribution in [0.2, 0.25) is 0 Å². The van der Waals surface area contributed by atoms with E-state index in [1.807, 2.05) is 12.1 Å². The second-order valence-corrected chi connectivity index (χ2v) is 10.2. The molecule has 2 heterocycles. The lowest BCUT2D eigenvalue weighted by Crippen LogP contribution is -2.37. The molecule has 194 valence electrons. The van der Waals surface area contributed by atoms with Gasteiger partial charge >= 0.3 is 0 Å². The smallest absolute Gasteiger partial charge is 0.243 e. The molecule has 0 unspecified atom stereocenters. The Balaban J connectivity index is 1.08. The minimum Gasteiger partial charge on any atom is -0.353 e. The minimum absolute atomic E-state index is 0.0306.